The first kappa shape index (κ1) is 13.5. The van der Waals surface area contributed by atoms with Crippen molar-refractivity contribution in [3.05, 3.63) is 49.8 Å². The minimum absolute atomic E-state index is 0.0509. The zero-order chi connectivity index (χ0) is 13.8. The molecule has 0 bridgehead atoms. The lowest BCUT2D eigenvalue weighted by atomic mass is 10.3. The molecule has 2 heterocycles. The predicted octanol–water partition coefficient (Wildman–Crippen LogP) is 3.53. The molecule has 0 aliphatic carbocycles. The molecular formula is C13H15N3O2S. The molecule has 0 saturated heterocycles. The Kier molecular flexibility index (Phi) is 4.11. The van der Waals surface area contributed by atoms with Crippen LogP contribution in [0, 0.1) is 17.0 Å². The molecule has 0 aliphatic heterocycles. The third-order valence-electron chi connectivity index (χ3n) is 2.76. The van der Waals surface area contributed by atoms with E-state index in [4.69, 9.17) is 0 Å². The van der Waals surface area contributed by atoms with Gasteiger partial charge in [0.2, 0.25) is 0 Å². The standard InChI is InChI=1S/C13H15N3O2S/c1-3-10-4-5-11(19-10)8-14-13-7-6-12(16(17)18)9(2)15-13/h4-7H,3,8H2,1-2H3,(H,14,15). The molecule has 19 heavy (non-hydrogen) atoms. The van der Waals surface area contributed by atoms with E-state index in [1.54, 1.807) is 24.3 Å². The highest BCUT2D eigenvalue weighted by molar-refractivity contribution is 7.12. The van der Waals surface area contributed by atoms with Gasteiger partial charge in [0.15, 0.2) is 0 Å². The number of nitro groups is 1. The lowest BCUT2D eigenvalue weighted by molar-refractivity contribution is -0.385. The van der Waals surface area contributed by atoms with E-state index in [0.29, 0.717) is 18.1 Å². The van der Waals surface area contributed by atoms with Gasteiger partial charge < -0.3 is 5.32 Å². The number of aryl methyl sites for hydroxylation is 2. The van der Waals surface area contributed by atoms with E-state index in [0.717, 1.165) is 6.42 Å². The van der Waals surface area contributed by atoms with Gasteiger partial charge in [-0.25, -0.2) is 4.98 Å². The Morgan fingerprint density at radius 2 is 2.05 bits per heavy atom. The zero-order valence-electron chi connectivity index (χ0n) is 10.8. The third-order valence-corrected chi connectivity index (χ3v) is 3.99. The summed E-state index contributed by atoms with van der Waals surface area (Å²) in [5.74, 6) is 0.662. The highest BCUT2D eigenvalue weighted by Gasteiger charge is 2.11. The van der Waals surface area contributed by atoms with Crippen molar-refractivity contribution in [2.24, 2.45) is 0 Å². The van der Waals surface area contributed by atoms with Gasteiger partial charge in [-0.1, -0.05) is 6.92 Å². The second-order valence-corrected chi connectivity index (χ2v) is 5.39. The molecule has 2 rings (SSSR count). The van der Waals surface area contributed by atoms with E-state index in [1.807, 2.05) is 0 Å². The first-order valence-electron chi connectivity index (χ1n) is 6.03. The fourth-order valence-electron chi connectivity index (χ4n) is 1.73. The van der Waals surface area contributed by atoms with E-state index in [1.165, 1.54) is 15.8 Å². The monoisotopic (exact) mass is 277 g/mol. The number of hydrogen-bond acceptors (Lipinski definition) is 5. The van der Waals surface area contributed by atoms with Crippen LogP contribution in [0.1, 0.15) is 22.4 Å². The van der Waals surface area contributed by atoms with Crippen LogP contribution in [0.4, 0.5) is 11.5 Å². The molecule has 2 aromatic heterocycles. The normalized spacial score (nSPS) is 10.4. The Hall–Kier alpha value is -1.95. The van der Waals surface area contributed by atoms with E-state index < -0.39 is 4.92 Å². The van der Waals surface area contributed by atoms with Crippen LogP contribution in [0.3, 0.4) is 0 Å². The summed E-state index contributed by atoms with van der Waals surface area (Å²) in [7, 11) is 0. The average Bonchev–Trinajstić information content (AvgIpc) is 2.84. The summed E-state index contributed by atoms with van der Waals surface area (Å²) in [5.41, 5.74) is 0.477. The highest BCUT2D eigenvalue weighted by Crippen LogP contribution is 2.20. The summed E-state index contributed by atoms with van der Waals surface area (Å²) in [4.78, 5) is 17.0. The van der Waals surface area contributed by atoms with Gasteiger partial charge in [-0.3, -0.25) is 10.1 Å². The maximum absolute atomic E-state index is 10.7. The molecule has 100 valence electrons. The highest BCUT2D eigenvalue weighted by atomic mass is 32.1. The Balaban J connectivity index is 2.03. The minimum atomic E-state index is -0.418. The number of nitrogens with zero attached hydrogens (tertiary/aromatic N) is 2. The number of aromatic nitrogens is 1. The van der Waals surface area contributed by atoms with Crippen molar-refractivity contribution in [2.75, 3.05) is 5.32 Å². The molecule has 0 saturated carbocycles. The molecule has 0 fully saturated rings. The number of pyridine rings is 1. The minimum Gasteiger partial charge on any atom is -0.365 e. The van der Waals surface area contributed by atoms with Crippen molar-refractivity contribution in [1.82, 2.24) is 4.98 Å². The SMILES string of the molecule is CCc1ccc(CNc2ccc([N+](=O)[O-])c(C)n2)s1. The average molecular weight is 277 g/mol. The molecule has 0 unspecified atom stereocenters. The first-order chi connectivity index (χ1) is 9.10. The van der Waals surface area contributed by atoms with Gasteiger partial charge in [0.25, 0.3) is 5.69 Å². The molecule has 1 N–H and O–H groups in total. The number of rotatable bonds is 5. The fourth-order valence-corrected chi connectivity index (χ4v) is 2.63. The summed E-state index contributed by atoms with van der Waals surface area (Å²) < 4.78 is 0. The quantitative estimate of drug-likeness (QED) is 0.670. The summed E-state index contributed by atoms with van der Waals surface area (Å²) in [6.07, 6.45) is 1.04. The van der Waals surface area contributed by atoms with Gasteiger partial charge in [-0.15, -0.1) is 11.3 Å². The Bertz CT molecular complexity index is 595. The Labute approximate surface area is 115 Å². The van der Waals surface area contributed by atoms with Crippen molar-refractivity contribution < 1.29 is 4.92 Å². The fraction of sp³-hybridized carbons (Fsp3) is 0.308. The van der Waals surface area contributed by atoms with E-state index in [-0.39, 0.29) is 5.69 Å². The largest absolute Gasteiger partial charge is 0.365 e. The van der Waals surface area contributed by atoms with Gasteiger partial charge in [0.05, 0.1) is 11.5 Å². The number of anilines is 1. The van der Waals surface area contributed by atoms with Gasteiger partial charge >= 0.3 is 0 Å². The smallest absolute Gasteiger partial charge is 0.290 e. The topological polar surface area (TPSA) is 68.1 Å². The molecule has 2 aromatic rings. The molecule has 6 heteroatoms. The van der Waals surface area contributed by atoms with E-state index in [2.05, 4.69) is 29.4 Å². The molecule has 0 atom stereocenters. The van der Waals surface area contributed by atoms with E-state index in [9.17, 15) is 10.1 Å². The van der Waals surface area contributed by atoms with Crippen LogP contribution in [0.2, 0.25) is 0 Å². The van der Waals surface area contributed by atoms with Crippen LogP contribution in [0.5, 0.6) is 0 Å². The molecule has 0 aliphatic rings. The maximum Gasteiger partial charge on any atom is 0.290 e. The molecule has 0 spiro atoms. The second-order valence-electron chi connectivity index (χ2n) is 4.13. The molecule has 0 amide bonds. The maximum atomic E-state index is 10.7. The van der Waals surface area contributed by atoms with Gasteiger partial charge in [-0.2, -0.15) is 0 Å². The van der Waals surface area contributed by atoms with Crippen molar-refractivity contribution >= 4 is 22.8 Å². The lowest BCUT2D eigenvalue weighted by Gasteiger charge is -2.05. The number of nitrogens with one attached hydrogen (secondary N) is 1. The number of thiophene rings is 1. The van der Waals surface area contributed by atoms with E-state index >= 15 is 0 Å². The molecule has 0 aromatic carbocycles. The Morgan fingerprint density at radius 3 is 2.63 bits per heavy atom. The van der Waals surface area contributed by atoms with Gasteiger partial charge in [0.1, 0.15) is 11.5 Å². The third kappa shape index (κ3) is 3.29. The molecular weight excluding hydrogens is 262 g/mol. The lowest BCUT2D eigenvalue weighted by Crippen LogP contribution is -2.02. The van der Waals surface area contributed by atoms with Crippen LogP contribution >= 0.6 is 11.3 Å². The van der Waals surface area contributed by atoms with Gasteiger partial charge in [0, 0.05) is 15.8 Å². The Morgan fingerprint density at radius 1 is 1.32 bits per heavy atom. The second kappa shape index (κ2) is 5.79. The van der Waals surface area contributed by atoms with Crippen LogP contribution in [-0.2, 0) is 13.0 Å². The molecule has 5 nitrogen and oxygen atoms in total. The van der Waals surface area contributed by atoms with Crippen molar-refractivity contribution in [1.29, 1.82) is 0 Å². The summed E-state index contributed by atoms with van der Waals surface area (Å²) in [6.45, 7) is 4.46. The van der Waals surface area contributed by atoms with Crippen LogP contribution in [0.15, 0.2) is 24.3 Å². The molecule has 0 radical (unpaired) electrons. The van der Waals surface area contributed by atoms with Crippen LogP contribution < -0.4 is 5.32 Å². The summed E-state index contributed by atoms with van der Waals surface area (Å²) in [5, 5.41) is 13.9. The van der Waals surface area contributed by atoms with Crippen molar-refractivity contribution in [3.63, 3.8) is 0 Å². The first-order valence-corrected chi connectivity index (χ1v) is 6.85. The van der Waals surface area contributed by atoms with Crippen LogP contribution in [-0.4, -0.2) is 9.91 Å². The summed E-state index contributed by atoms with van der Waals surface area (Å²) >= 11 is 1.77. The summed E-state index contributed by atoms with van der Waals surface area (Å²) in [6, 6.07) is 7.33. The van der Waals surface area contributed by atoms with Crippen molar-refractivity contribution in [3.8, 4) is 0 Å². The zero-order valence-corrected chi connectivity index (χ0v) is 11.7. The number of hydrogen-bond donors (Lipinski definition) is 1. The van der Waals surface area contributed by atoms with Crippen molar-refractivity contribution in [2.45, 2.75) is 26.8 Å². The van der Waals surface area contributed by atoms with Crippen LogP contribution in [0.25, 0.3) is 0 Å². The van der Waals surface area contributed by atoms with Gasteiger partial charge in [-0.05, 0) is 31.5 Å². The predicted molar refractivity (Wildman–Crippen MR) is 76.7 cm³/mol.